The summed E-state index contributed by atoms with van der Waals surface area (Å²) in [6.07, 6.45) is 5.85. The van der Waals surface area contributed by atoms with Gasteiger partial charge in [0, 0.05) is 38.5 Å². The van der Waals surface area contributed by atoms with Crippen molar-refractivity contribution in [2.24, 2.45) is 18.9 Å². The van der Waals surface area contributed by atoms with Crippen molar-refractivity contribution < 1.29 is 9.53 Å². The lowest BCUT2D eigenvalue weighted by Crippen LogP contribution is -2.42. The molecule has 2 fully saturated rings. The van der Waals surface area contributed by atoms with E-state index in [2.05, 4.69) is 22.4 Å². The predicted molar refractivity (Wildman–Crippen MR) is 88.0 cm³/mol. The van der Waals surface area contributed by atoms with E-state index >= 15 is 0 Å². The van der Waals surface area contributed by atoms with Crippen LogP contribution < -0.4 is 5.32 Å². The van der Waals surface area contributed by atoms with Gasteiger partial charge >= 0.3 is 0 Å². The molecule has 0 bridgehead atoms. The number of aromatic nitrogens is 2. The maximum absolute atomic E-state index is 12.6. The van der Waals surface area contributed by atoms with E-state index in [0.717, 1.165) is 51.1 Å². The van der Waals surface area contributed by atoms with Crippen molar-refractivity contribution in [3.8, 4) is 0 Å². The number of carbonyl (C=O) groups is 1. The summed E-state index contributed by atoms with van der Waals surface area (Å²) in [6.45, 7) is 3.60. The Morgan fingerprint density at radius 2 is 2.13 bits per heavy atom. The lowest BCUT2D eigenvalue weighted by Gasteiger charge is -2.34. The van der Waals surface area contributed by atoms with E-state index in [4.69, 9.17) is 4.74 Å². The molecule has 0 aliphatic carbocycles. The molecule has 2 aliphatic heterocycles. The van der Waals surface area contributed by atoms with Crippen LogP contribution in [0.5, 0.6) is 0 Å². The highest BCUT2D eigenvalue weighted by Gasteiger charge is 2.39. The lowest BCUT2D eigenvalue weighted by molar-refractivity contribution is -0.128. The van der Waals surface area contributed by atoms with Crippen LogP contribution in [-0.4, -0.2) is 60.0 Å². The molecule has 2 atom stereocenters. The zero-order valence-corrected chi connectivity index (χ0v) is 14.2. The molecule has 0 saturated carbocycles. The van der Waals surface area contributed by atoms with Crippen molar-refractivity contribution in [2.75, 3.05) is 33.3 Å². The molecule has 0 radical (unpaired) electrons. The van der Waals surface area contributed by atoms with Gasteiger partial charge in [0.05, 0.1) is 12.0 Å². The third-order valence-electron chi connectivity index (χ3n) is 5.30. The summed E-state index contributed by atoms with van der Waals surface area (Å²) in [6, 6.07) is 1.99. The fourth-order valence-corrected chi connectivity index (χ4v) is 3.80. The average Bonchev–Trinajstić information content (AvgIpc) is 3.17. The molecule has 0 unspecified atom stereocenters. The van der Waals surface area contributed by atoms with E-state index in [1.165, 1.54) is 0 Å². The minimum absolute atomic E-state index is 0.0231. The number of nitrogens with one attached hydrogen (secondary N) is 1. The Labute approximate surface area is 138 Å². The Bertz CT molecular complexity index is 522. The normalized spacial score (nSPS) is 26.5. The molecular weight excluding hydrogens is 292 g/mol. The van der Waals surface area contributed by atoms with E-state index < -0.39 is 0 Å². The Morgan fingerprint density at radius 3 is 2.83 bits per heavy atom. The summed E-state index contributed by atoms with van der Waals surface area (Å²) in [5.41, 5.74) is 1.14. The minimum atomic E-state index is 0.0231. The first kappa shape index (κ1) is 16.5. The number of ether oxygens (including phenoxy) is 1. The largest absolute Gasteiger partial charge is 0.377 e. The number of hydrogen-bond acceptors (Lipinski definition) is 4. The average molecular weight is 320 g/mol. The molecule has 1 aromatic heterocycles. The number of rotatable bonds is 5. The fourth-order valence-electron chi connectivity index (χ4n) is 3.80. The monoisotopic (exact) mass is 320 g/mol. The zero-order valence-electron chi connectivity index (χ0n) is 14.2. The molecule has 0 spiro atoms. The number of likely N-dealkylation sites (tertiary alicyclic amines) is 1. The van der Waals surface area contributed by atoms with E-state index in [9.17, 15) is 4.79 Å². The Morgan fingerprint density at radius 1 is 1.35 bits per heavy atom. The fraction of sp³-hybridized carbons (Fsp3) is 0.765. The highest BCUT2D eigenvalue weighted by atomic mass is 16.5. The molecule has 1 amide bonds. The quantitative estimate of drug-likeness (QED) is 0.873. The number of amides is 1. The predicted octanol–water partition coefficient (Wildman–Crippen LogP) is 0.826. The van der Waals surface area contributed by atoms with Gasteiger partial charge in [0.1, 0.15) is 0 Å². The van der Waals surface area contributed by atoms with Gasteiger partial charge in [-0.2, -0.15) is 5.10 Å². The van der Waals surface area contributed by atoms with Gasteiger partial charge < -0.3 is 15.0 Å². The molecule has 3 rings (SSSR count). The molecule has 1 aromatic rings. The summed E-state index contributed by atoms with van der Waals surface area (Å²) in [4.78, 5) is 14.9. The summed E-state index contributed by atoms with van der Waals surface area (Å²) in [7, 11) is 4.09. The van der Waals surface area contributed by atoms with Crippen LogP contribution in [0.15, 0.2) is 12.3 Å². The summed E-state index contributed by atoms with van der Waals surface area (Å²) < 4.78 is 7.79. The summed E-state index contributed by atoms with van der Waals surface area (Å²) in [5.74, 6) is 0.713. The van der Waals surface area contributed by atoms with Gasteiger partial charge in [-0.3, -0.25) is 9.48 Å². The molecule has 0 aromatic carbocycles. The van der Waals surface area contributed by atoms with Crippen LogP contribution in [0, 0.1) is 11.8 Å². The van der Waals surface area contributed by atoms with Crippen LogP contribution >= 0.6 is 0 Å². The van der Waals surface area contributed by atoms with Crippen molar-refractivity contribution >= 4 is 5.91 Å². The van der Waals surface area contributed by atoms with Crippen LogP contribution in [0.4, 0.5) is 0 Å². The first-order valence-corrected chi connectivity index (χ1v) is 8.70. The van der Waals surface area contributed by atoms with Crippen LogP contribution in [0.25, 0.3) is 0 Å². The molecule has 1 N–H and O–H groups in total. The van der Waals surface area contributed by atoms with Gasteiger partial charge in [0.15, 0.2) is 0 Å². The molecule has 2 aliphatic rings. The topological polar surface area (TPSA) is 59.4 Å². The van der Waals surface area contributed by atoms with Crippen LogP contribution in [0.3, 0.4) is 0 Å². The second kappa shape index (κ2) is 7.45. The third-order valence-corrected chi connectivity index (χ3v) is 5.30. The smallest absolute Gasteiger partial charge is 0.225 e. The van der Waals surface area contributed by atoms with E-state index in [1.807, 2.05) is 17.8 Å². The first-order chi connectivity index (χ1) is 11.1. The van der Waals surface area contributed by atoms with E-state index in [0.29, 0.717) is 12.5 Å². The molecule has 2 saturated heterocycles. The molecule has 23 heavy (non-hydrogen) atoms. The van der Waals surface area contributed by atoms with E-state index in [1.54, 1.807) is 6.20 Å². The lowest BCUT2D eigenvalue weighted by atomic mass is 9.84. The van der Waals surface area contributed by atoms with Crippen molar-refractivity contribution in [1.29, 1.82) is 0 Å². The Balaban J connectivity index is 1.49. The van der Waals surface area contributed by atoms with E-state index in [-0.39, 0.29) is 17.9 Å². The first-order valence-electron chi connectivity index (χ1n) is 8.70. The van der Waals surface area contributed by atoms with Crippen LogP contribution in [0.1, 0.15) is 25.0 Å². The molecule has 128 valence electrons. The summed E-state index contributed by atoms with van der Waals surface area (Å²) >= 11 is 0. The van der Waals surface area contributed by atoms with Crippen molar-refractivity contribution in [1.82, 2.24) is 20.0 Å². The molecule has 6 heteroatoms. The minimum Gasteiger partial charge on any atom is -0.377 e. The number of hydrogen-bond donors (Lipinski definition) is 1. The maximum atomic E-state index is 12.6. The number of aryl methyl sites for hydroxylation is 1. The zero-order chi connectivity index (χ0) is 16.2. The molecule has 3 heterocycles. The second-order valence-corrected chi connectivity index (χ2v) is 6.86. The number of piperidine rings is 1. The third kappa shape index (κ3) is 3.93. The van der Waals surface area contributed by atoms with Crippen LogP contribution in [0.2, 0.25) is 0 Å². The highest BCUT2D eigenvalue weighted by Crippen LogP contribution is 2.32. The van der Waals surface area contributed by atoms with Crippen molar-refractivity contribution in [3.05, 3.63) is 18.0 Å². The van der Waals surface area contributed by atoms with Gasteiger partial charge in [-0.1, -0.05) is 0 Å². The second-order valence-electron chi connectivity index (χ2n) is 6.86. The SMILES string of the molecule is CN1CCC([C@H]2OCC[C@@H]2C(=O)NCCc2ccnn2C)CC1. The Kier molecular flexibility index (Phi) is 5.33. The van der Waals surface area contributed by atoms with Gasteiger partial charge in [0.2, 0.25) is 5.91 Å². The highest BCUT2D eigenvalue weighted by molar-refractivity contribution is 5.79. The number of carbonyl (C=O) groups excluding carboxylic acids is 1. The standard InChI is InChI=1S/C17H28N4O2/c1-20-10-5-13(6-11-20)16-15(7-12-23-16)17(22)18-8-3-14-4-9-19-21(14)2/h4,9,13,15-16H,3,5-8,10-12H2,1-2H3,(H,18,22)/t15-,16+/m0/s1. The van der Waals surface area contributed by atoms with Gasteiger partial charge in [-0.05, 0) is 51.4 Å². The molecular formula is C17H28N4O2. The Hall–Kier alpha value is -1.40. The summed E-state index contributed by atoms with van der Waals surface area (Å²) in [5, 5.41) is 7.25. The maximum Gasteiger partial charge on any atom is 0.225 e. The number of nitrogens with zero attached hydrogens (tertiary/aromatic N) is 3. The van der Waals surface area contributed by atoms with Gasteiger partial charge in [0.25, 0.3) is 0 Å². The van der Waals surface area contributed by atoms with Crippen molar-refractivity contribution in [2.45, 2.75) is 31.8 Å². The van der Waals surface area contributed by atoms with Crippen LogP contribution in [-0.2, 0) is 23.0 Å². The molecule has 6 nitrogen and oxygen atoms in total. The van der Waals surface area contributed by atoms with Gasteiger partial charge in [-0.15, -0.1) is 0 Å². The van der Waals surface area contributed by atoms with Crippen molar-refractivity contribution in [3.63, 3.8) is 0 Å². The van der Waals surface area contributed by atoms with Gasteiger partial charge in [-0.25, -0.2) is 0 Å².